The largest absolute Gasteiger partial charge is 0.318 e. The Labute approximate surface area is 93.9 Å². The Morgan fingerprint density at radius 3 is 2.93 bits per heavy atom. The minimum Gasteiger partial charge on any atom is -0.318 e. The molecule has 0 aliphatic rings. The van der Waals surface area contributed by atoms with Gasteiger partial charge in [-0.05, 0) is 27.4 Å². The van der Waals surface area contributed by atoms with Gasteiger partial charge in [0.05, 0.1) is 17.9 Å². The highest BCUT2D eigenvalue weighted by molar-refractivity contribution is 9.10. The third-order valence-electron chi connectivity index (χ3n) is 2.00. The number of nitrogens with two attached hydrogens (primary N) is 1. The van der Waals surface area contributed by atoms with Gasteiger partial charge in [-0.1, -0.05) is 5.21 Å². The lowest BCUT2D eigenvalue weighted by molar-refractivity contribution is 0.654. The van der Waals surface area contributed by atoms with Crippen LogP contribution in [0, 0.1) is 0 Å². The fourth-order valence-electron chi connectivity index (χ4n) is 1.24. The van der Waals surface area contributed by atoms with Crippen LogP contribution in [0.25, 0.3) is 0 Å². The van der Waals surface area contributed by atoms with Crippen molar-refractivity contribution >= 4 is 27.3 Å². The number of rotatable bonds is 2. The van der Waals surface area contributed by atoms with Crippen LogP contribution >= 0.6 is 27.3 Å². The molecule has 74 valence electrons. The summed E-state index contributed by atoms with van der Waals surface area (Å²) in [6.45, 7) is 0. The molecule has 4 nitrogen and oxygen atoms in total. The van der Waals surface area contributed by atoms with Crippen molar-refractivity contribution in [2.75, 3.05) is 0 Å². The van der Waals surface area contributed by atoms with Crippen LogP contribution in [-0.2, 0) is 7.05 Å². The summed E-state index contributed by atoms with van der Waals surface area (Å²) in [6, 6.07) is 1.83. The Morgan fingerprint density at radius 2 is 2.43 bits per heavy atom. The van der Waals surface area contributed by atoms with Gasteiger partial charge in [0.1, 0.15) is 0 Å². The molecule has 2 aromatic rings. The molecule has 0 aromatic carbocycles. The van der Waals surface area contributed by atoms with Gasteiger partial charge >= 0.3 is 0 Å². The summed E-state index contributed by atoms with van der Waals surface area (Å²) < 4.78 is 2.73. The molecule has 2 rings (SSSR count). The standard InChI is InChI=1S/C8H9BrN4S/c1-13-6(4-11-12-13)7(10)8-5(9)2-3-14-8/h2-4,7H,10H2,1H3. The van der Waals surface area contributed by atoms with Crippen LogP contribution in [0.15, 0.2) is 22.1 Å². The Morgan fingerprint density at radius 1 is 1.64 bits per heavy atom. The summed E-state index contributed by atoms with van der Waals surface area (Å²) in [5.74, 6) is 0. The monoisotopic (exact) mass is 272 g/mol. The molecule has 0 radical (unpaired) electrons. The molecule has 0 fully saturated rings. The number of aryl methyl sites for hydroxylation is 1. The van der Waals surface area contributed by atoms with E-state index in [2.05, 4.69) is 26.2 Å². The van der Waals surface area contributed by atoms with Gasteiger partial charge in [0.25, 0.3) is 0 Å². The fourth-order valence-corrected chi connectivity index (χ4v) is 2.87. The second-order valence-electron chi connectivity index (χ2n) is 2.89. The van der Waals surface area contributed by atoms with Gasteiger partial charge in [-0.25, -0.2) is 0 Å². The molecule has 0 amide bonds. The zero-order valence-electron chi connectivity index (χ0n) is 7.51. The zero-order valence-corrected chi connectivity index (χ0v) is 9.92. The van der Waals surface area contributed by atoms with E-state index in [0.717, 1.165) is 15.0 Å². The maximum atomic E-state index is 6.09. The van der Waals surface area contributed by atoms with Crippen molar-refractivity contribution in [2.45, 2.75) is 6.04 Å². The van der Waals surface area contributed by atoms with Gasteiger partial charge in [-0.15, -0.1) is 16.4 Å². The van der Waals surface area contributed by atoms with Gasteiger partial charge in [0.15, 0.2) is 0 Å². The van der Waals surface area contributed by atoms with Crippen LogP contribution < -0.4 is 5.73 Å². The van der Waals surface area contributed by atoms with E-state index in [9.17, 15) is 0 Å². The molecule has 1 atom stereocenters. The zero-order chi connectivity index (χ0) is 10.1. The van der Waals surface area contributed by atoms with E-state index in [0.29, 0.717) is 0 Å². The SMILES string of the molecule is Cn1nncc1C(N)c1sccc1Br. The van der Waals surface area contributed by atoms with E-state index in [1.54, 1.807) is 22.2 Å². The topological polar surface area (TPSA) is 56.7 Å². The van der Waals surface area contributed by atoms with Gasteiger partial charge < -0.3 is 5.73 Å². The molecular weight excluding hydrogens is 264 g/mol. The van der Waals surface area contributed by atoms with Crippen LogP contribution in [0.3, 0.4) is 0 Å². The third kappa shape index (κ3) is 1.60. The predicted octanol–water partition coefficient (Wildman–Crippen LogP) is 1.69. The molecule has 0 aliphatic heterocycles. The molecular formula is C8H9BrN4S. The van der Waals surface area contributed by atoms with Crippen molar-refractivity contribution in [3.8, 4) is 0 Å². The highest BCUT2D eigenvalue weighted by Crippen LogP contribution is 2.30. The molecule has 1 unspecified atom stereocenters. The second-order valence-corrected chi connectivity index (χ2v) is 4.69. The lowest BCUT2D eigenvalue weighted by Crippen LogP contribution is -2.15. The first-order valence-corrected chi connectivity index (χ1v) is 5.70. The summed E-state index contributed by atoms with van der Waals surface area (Å²) in [4.78, 5) is 1.09. The number of nitrogens with zero attached hydrogens (tertiary/aromatic N) is 3. The summed E-state index contributed by atoms with van der Waals surface area (Å²) >= 11 is 5.08. The van der Waals surface area contributed by atoms with E-state index in [4.69, 9.17) is 5.73 Å². The first kappa shape index (κ1) is 9.82. The number of hydrogen-bond acceptors (Lipinski definition) is 4. The Balaban J connectivity index is 2.38. The summed E-state index contributed by atoms with van der Waals surface area (Å²) in [7, 11) is 1.84. The van der Waals surface area contributed by atoms with Crippen molar-refractivity contribution in [3.05, 3.63) is 32.7 Å². The predicted molar refractivity (Wildman–Crippen MR) is 59.1 cm³/mol. The Kier molecular flexibility index (Phi) is 2.66. The average molecular weight is 273 g/mol. The summed E-state index contributed by atoms with van der Waals surface area (Å²) in [6.07, 6.45) is 1.69. The van der Waals surface area contributed by atoms with Crippen LogP contribution in [0.4, 0.5) is 0 Å². The third-order valence-corrected chi connectivity index (χ3v) is 3.95. The summed E-state index contributed by atoms with van der Waals surface area (Å²) in [5, 5.41) is 9.66. The second kappa shape index (κ2) is 3.80. The minimum atomic E-state index is -0.163. The quantitative estimate of drug-likeness (QED) is 0.905. The van der Waals surface area contributed by atoms with Gasteiger partial charge in [-0.3, -0.25) is 4.68 Å². The molecule has 0 bridgehead atoms. The van der Waals surface area contributed by atoms with Crippen molar-refractivity contribution in [2.24, 2.45) is 12.8 Å². The first-order chi connectivity index (χ1) is 6.70. The molecule has 14 heavy (non-hydrogen) atoms. The van der Waals surface area contributed by atoms with E-state index >= 15 is 0 Å². The smallest absolute Gasteiger partial charge is 0.0844 e. The number of halogens is 1. The van der Waals surface area contributed by atoms with E-state index in [1.807, 2.05) is 18.5 Å². The number of aromatic nitrogens is 3. The van der Waals surface area contributed by atoms with E-state index in [-0.39, 0.29) is 6.04 Å². The maximum absolute atomic E-state index is 6.09. The van der Waals surface area contributed by atoms with Gasteiger partial charge in [0.2, 0.25) is 0 Å². The van der Waals surface area contributed by atoms with Crippen molar-refractivity contribution < 1.29 is 0 Å². The van der Waals surface area contributed by atoms with Crippen LogP contribution in [0.2, 0.25) is 0 Å². The first-order valence-electron chi connectivity index (χ1n) is 4.03. The average Bonchev–Trinajstić information content (AvgIpc) is 2.73. The highest BCUT2D eigenvalue weighted by Gasteiger charge is 2.16. The molecule has 2 aromatic heterocycles. The van der Waals surface area contributed by atoms with Crippen molar-refractivity contribution in [1.82, 2.24) is 15.0 Å². The van der Waals surface area contributed by atoms with Crippen LogP contribution in [0.1, 0.15) is 16.6 Å². The lowest BCUT2D eigenvalue weighted by Gasteiger charge is -2.09. The normalized spacial score (nSPS) is 13.1. The number of thiophene rings is 1. The fraction of sp³-hybridized carbons (Fsp3) is 0.250. The van der Waals surface area contributed by atoms with Crippen LogP contribution in [-0.4, -0.2) is 15.0 Å². The highest BCUT2D eigenvalue weighted by atomic mass is 79.9. The van der Waals surface area contributed by atoms with E-state index < -0.39 is 0 Å². The molecule has 0 spiro atoms. The lowest BCUT2D eigenvalue weighted by atomic mass is 10.2. The molecule has 2 N–H and O–H groups in total. The van der Waals surface area contributed by atoms with Crippen molar-refractivity contribution in [1.29, 1.82) is 0 Å². The van der Waals surface area contributed by atoms with Gasteiger partial charge in [-0.2, -0.15) is 0 Å². The Bertz CT molecular complexity index is 396. The maximum Gasteiger partial charge on any atom is 0.0844 e. The molecule has 0 aliphatic carbocycles. The summed E-state index contributed by atoms with van der Waals surface area (Å²) in [5.41, 5.74) is 7.00. The molecule has 0 saturated carbocycles. The molecule has 6 heteroatoms. The van der Waals surface area contributed by atoms with Crippen molar-refractivity contribution in [3.63, 3.8) is 0 Å². The Hall–Kier alpha value is -0.720. The molecule has 2 heterocycles. The van der Waals surface area contributed by atoms with Gasteiger partial charge in [0, 0.05) is 16.4 Å². The minimum absolute atomic E-state index is 0.163. The van der Waals surface area contributed by atoms with E-state index in [1.165, 1.54) is 0 Å². The van der Waals surface area contributed by atoms with Crippen LogP contribution in [0.5, 0.6) is 0 Å². The number of hydrogen-bond donors (Lipinski definition) is 1. The molecule has 0 saturated heterocycles.